The van der Waals surface area contributed by atoms with Crippen molar-refractivity contribution in [1.29, 1.82) is 0 Å². The quantitative estimate of drug-likeness (QED) is 0.887. The van der Waals surface area contributed by atoms with Crippen molar-refractivity contribution in [2.24, 2.45) is 5.92 Å². The van der Waals surface area contributed by atoms with Gasteiger partial charge in [-0.15, -0.1) is 12.4 Å². The molecule has 2 heterocycles. The van der Waals surface area contributed by atoms with Gasteiger partial charge >= 0.3 is 0 Å². The summed E-state index contributed by atoms with van der Waals surface area (Å²) in [4.78, 5) is 12.6. The van der Waals surface area contributed by atoms with E-state index in [1.165, 1.54) is 12.0 Å². The minimum Gasteiger partial charge on any atom is -0.373 e. The molecule has 0 radical (unpaired) electrons. The van der Waals surface area contributed by atoms with E-state index in [0.29, 0.717) is 6.04 Å². The second kappa shape index (κ2) is 8.67. The predicted molar refractivity (Wildman–Crippen MR) is 93.9 cm³/mol. The first-order valence-electron chi connectivity index (χ1n) is 8.43. The molecule has 3 rings (SSSR count). The summed E-state index contributed by atoms with van der Waals surface area (Å²) in [5, 5.41) is 6.54. The zero-order chi connectivity index (χ0) is 15.4. The predicted octanol–water partition coefficient (Wildman–Crippen LogP) is 2.75. The Morgan fingerprint density at radius 2 is 2.04 bits per heavy atom. The Labute approximate surface area is 144 Å². The molecule has 2 fully saturated rings. The summed E-state index contributed by atoms with van der Waals surface area (Å²) < 4.78 is 5.93. The maximum Gasteiger partial charge on any atom is 0.226 e. The normalized spacial score (nSPS) is 27.3. The number of hydrogen-bond donors (Lipinski definition) is 2. The van der Waals surface area contributed by atoms with Crippen molar-refractivity contribution >= 4 is 18.3 Å². The fraction of sp³-hybridized carbons (Fsp3) is 0.611. The molecule has 2 aliphatic heterocycles. The van der Waals surface area contributed by atoms with Gasteiger partial charge in [0.2, 0.25) is 5.91 Å². The van der Waals surface area contributed by atoms with E-state index in [2.05, 4.69) is 41.8 Å². The standard InChI is InChI=1S/C18H26N2O2.ClH/c1-13-6-8-14(9-7-13)17-16(5-3-11-22-17)18(21)20-12-15-4-2-10-19-15;/h6-9,15-17,19H,2-5,10-12H2,1H3,(H,20,21);1H. The lowest BCUT2D eigenvalue weighted by Gasteiger charge is -2.31. The lowest BCUT2D eigenvalue weighted by atomic mass is 9.88. The Kier molecular flexibility index (Phi) is 6.88. The van der Waals surface area contributed by atoms with Crippen molar-refractivity contribution in [3.63, 3.8) is 0 Å². The number of benzene rings is 1. The molecule has 0 aromatic heterocycles. The molecule has 1 aromatic rings. The summed E-state index contributed by atoms with van der Waals surface area (Å²) in [6.07, 6.45) is 4.12. The van der Waals surface area contributed by atoms with Crippen LogP contribution in [0.2, 0.25) is 0 Å². The average molecular weight is 339 g/mol. The number of aryl methyl sites for hydroxylation is 1. The van der Waals surface area contributed by atoms with Crippen LogP contribution in [0.25, 0.3) is 0 Å². The highest BCUT2D eigenvalue weighted by atomic mass is 35.5. The maximum atomic E-state index is 12.6. The van der Waals surface area contributed by atoms with Gasteiger partial charge < -0.3 is 15.4 Å². The fourth-order valence-corrected chi connectivity index (χ4v) is 3.42. The first kappa shape index (κ1) is 18.2. The summed E-state index contributed by atoms with van der Waals surface area (Å²) in [6, 6.07) is 8.79. The van der Waals surface area contributed by atoms with Gasteiger partial charge in [0.25, 0.3) is 0 Å². The molecular formula is C18H27ClN2O2. The van der Waals surface area contributed by atoms with E-state index in [1.54, 1.807) is 0 Å². The molecule has 1 aromatic carbocycles. The first-order chi connectivity index (χ1) is 10.7. The topological polar surface area (TPSA) is 50.4 Å². The molecule has 3 unspecified atom stereocenters. The van der Waals surface area contributed by atoms with Gasteiger partial charge in [-0.3, -0.25) is 4.79 Å². The lowest BCUT2D eigenvalue weighted by molar-refractivity contribution is -0.134. The van der Waals surface area contributed by atoms with Crippen LogP contribution >= 0.6 is 12.4 Å². The zero-order valence-electron chi connectivity index (χ0n) is 13.7. The molecule has 2 saturated heterocycles. The molecule has 0 bridgehead atoms. The van der Waals surface area contributed by atoms with E-state index >= 15 is 0 Å². The first-order valence-corrected chi connectivity index (χ1v) is 8.43. The van der Waals surface area contributed by atoms with Gasteiger partial charge in [0.15, 0.2) is 0 Å². The number of rotatable bonds is 4. The molecule has 0 aliphatic carbocycles. The number of halogens is 1. The van der Waals surface area contributed by atoms with Gasteiger partial charge in [-0.2, -0.15) is 0 Å². The molecule has 4 nitrogen and oxygen atoms in total. The highest BCUT2D eigenvalue weighted by Crippen LogP contribution is 2.33. The van der Waals surface area contributed by atoms with E-state index in [0.717, 1.165) is 44.5 Å². The molecule has 0 saturated carbocycles. The molecule has 2 N–H and O–H groups in total. The van der Waals surface area contributed by atoms with Crippen LogP contribution in [0.4, 0.5) is 0 Å². The number of hydrogen-bond acceptors (Lipinski definition) is 3. The zero-order valence-corrected chi connectivity index (χ0v) is 14.5. The molecule has 23 heavy (non-hydrogen) atoms. The fourth-order valence-electron chi connectivity index (χ4n) is 3.42. The van der Waals surface area contributed by atoms with Gasteiger partial charge in [-0.1, -0.05) is 29.8 Å². The summed E-state index contributed by atoms with van der Waals surface area (Å²) >= 11 is 0. The average Bonchev–Trinajstić information content (AvgIpc) is 3.07. The highest BCUT2D eigenvalue weighted by molar-refractivity contribution is 5.85. The molecule has 0 spiro atoms. The second-order valence-electron chi connectivity index (χ2n) is 6.49. The Bertz CT molecular complexity index is 500. The Hall–Kier alpha value is -1.10. The van der Waals surface area contributed by atoms with Crippen LogP contribution in [-0.2, 0) is 9.53 Å². The number of carbonyl (C=O) groups excluding carboxylic acids is 1. The van der Waals surface area contributed by atoms with Crippen molar-refractivity contribution in [2.75, 3.05) is 19.7 Å². The third kappa shape index (κ3) is 4.69. The minimum absolute atomic E-state index is 0. The molecular weight excluding hydrogens is 312 g/mol. The van der Waals surface area contributed by atoms with E-state index in [9.17, 15) is 4.79 Å². The van der Waals surface area contributed by atoms with Crippen LogP contribution in [0.5, 0.6) is 0 Å². The van der Waals surface area contributed by atoms with Gasteiger partial charge in [0.05, 0.1) is 12.0 Å². The van der Waals surface area contributed by atoms with Crippen LogP contribution in [-0.4, -0.2) is 31.6 Å². The SMILES string of the molecule is Cc1ccc(C2OCCCC2C(=O)NCC2CCCN2)cc1.Cl. The number of amides is 1. The van der Waals surface area contributed by atoms with Crippen LogP contribution in [0.1, 0.15) is 42.9 Å². The molecule has 2 aliphatic rings. The molecule has 1 amide bonds. The van der Waals surface area contributed by atoms with Gasteiger partial charge in [0.1, 0.15) is 0 Å². The van der Waals surface area contributed by atoms with E-state index in [-0.39, 0.29) is 30.3 Å². The minimum atomic E-state index is -0.106. The monoisotopic (exact) mass is 338 g/mol. The van der Waals surface area contributed by atoms with Gasteiger partial charge in [-0.25, -0.2) is 0 Å². The smallest absolute Gasteiger partial charge is 0.226 e. The molecule has 5 heteroatoms. The largest absolute Gasteiger partial charge is 0.373 e. The number of ether oxygens (including phenoxy) is 1. The van der Waals surface area contributed by atoms with Gasteiger partial charge in [-0.05, 0) is 44.7 Å². The number of carbonyl (C=O) groups is 1. The van der Waals surface area contributed by atoms with Crippen molar-refractivity contribution in [3.05, 3.63) is 35.4 Å². The number of nitrogens with one attached hydrogen (secondary N) is 2. The molecule has 128 valence electrons. The van der Waals surface area contributed by atoms with Crippen LogP contribution in [0.15, 0.2) is 24.3 Å². The third-order valence-corrected chi connectivity index (χ3v) is 4.75. The summed E-state index contributed by atoms with van der Waals surface area (Å²) in [5.74, 6) is 0.0665. The lowest BCUT2D eigenvalue weighted by Crippen LogP contribution is -2.42. The summed E-state index contributed by atoms with van der Waals surface area (Å²) in [5.41, 5.74) is 2.34. The second-order valence-corrected chi connectivity index (χ2v) is 6.49. The van der Waals surface area contributed by atoms with E-state index in [4.69, 9.17) is 4.74 Å². The third-order valence-electron chi connectivity index (χ3n) is 4.75. The Morgan fingerprint density at radius 3 is 2.74 bits per heavy atom. The van der Waals surface area contributed by atoms with Crippen LogP contribution in [0, 0.1) is 12.8 Å². The summed E-state index contributed by atoms with van der Waals surface area (Å²) in [6.45, 7) is 4.62. The van der Waals surface area contributed by atoms with Crippen molar-refractivity contribution in [2.45, 2.75) is 44.8 Å². The van der Waals surface area contributed by atoms with Crippen molar-refractivity contribution < 1.29 is 9.53 Å². The summed E-state index contributed by atoms with van der Waals surface area (Å²) in [7, 11) is 0. The van der Waals surface area contributed by atoms with E-state index < -0.39 is 0 Å². The maximum absolute atomic E-state index is 12.6. The van der Waals surface area contributed by atoms with Gasteiger partial charge in [0, 0.05) is 19.2 Å². The molecule has 3 atom stereocenters. The highest BCUT2D eigenvalue weighted by Gasteiger charge is 2.33. The van der Waals surface area contributed by atoms with E-state index in [1.807, 2.05) is 0 Å². The Morgan fingerprint density at radius 1 is 1.26 bits per heavy atom. The Balaban J connectivity index is 0.00000192. The van der Waals surface area contributed by atoms with Crippen LogP contribution < -0.4 is 10.6 Å². The van der Waals surface area contributed by atoms with Crippen LogP contribution in [0.3, 0.4) is 0 Å². The van der Waals surface area contributed by atoms with Crippen molar-refractivity contribution in [3.8, 4) is 0 Å². The van der Waals surface area contributed by atoms with Crippen molar-refractivity contribution in [1.82, 2.24) is 10.6 Å².